The standard InChI is InChI=1S/C18H21NOS/c1-3-21-18(20)14(2)17(15-10-6-4-7-11-15)19-16-12-8-5-9-13-16/h4-14,17,19H,3H2,1-2H3/t14-,17-/m0/s1. The van der Waals surface area contributed by atoms with Crippen molar-refractivity contribution in [3.05, 3.63) is 66.2 Å². The van der Waals surface area contributed by atoms with Crippen LogP contribution in [0.5, 0.6) is 0 Å². The number of carbonyl (C=O) groups excluding carboxylic acids is 1. The van der Waals surface area contributed by atoms with Crippen molar-refractivity contribution in [2.45, 2.75) is 19.9 Å². The highest BCUT2D eigenvalue weighted by Gasteiger charge is 2.25. The van der Waals surface area contributed by atoms with Crippen LogP contribution in [-0.4, -0.2) is 10.9 Å². The first-order valence-corrected chi connectivity index (χ1v) is 8.24. The number of thioether (sulfide) groups is 1. The lowest BCUT2D eigenvalue weighted by atomic mass is 9.95. The van der Waals surface area contributed by atoms with Crippen molar-refractivity contribution in [1.82, 2.24) is 0 Å². The first kappa shape index (κ1) is 15.6. The fourth-order valence-corrected chi connectivity index (χ4v) is 2.96. The number of benzene rings is 2. The topological polar surface area (TPSA) is 29.1 Å². The first-order chi connectivity index (χ1) is 10.2. The zero-order valence-corrected chi connectivity index (χ0v) is 13.3. The molecule has 2 aromatic carbocycles. The Labute approximate surface area is 131 Å². The van der Waals surface area contributed by atoms with Crippen LogP contribution >= 0.6 is 11.8 Å². The Bertz CT molecular complexity index is 556. The maximum atomic E-state index is 12.3. The molecule has 2 rings (SSSR count). The number of hydrogen-bond donors (Lipinski definition) is 1. The molecule has 0 bridgehead atoms. The Kier molecular flexibility index (Phi) is 5.88. The summed E-state index contributed by atoms with van der Waals surface area (Å²) >= 11 is 1.39. The molecule has 0 aliphatic rings. The fraction of sp³-hybridized carbons (Fsp3) is 0.278. The molecule has 0 aliphatic heterocycles. The molecule has 0 aliphatic carbocycles. The number of hydrogen-bond acceptors (Lipinski definition) is 3. The largest absolute Gasteiger partial charge is 0.377 e. The molecule has 0 unspecified atom stereocenters. The van der Waals surface area contributed by atoms with E-state index in [1.807, 2.05) is 62.4 Å². The summed E-state index contributed by atoms with van der Waals surface area (Å²) in [4.78, 5) is 12.3. The van der Waals surface area contributed by atoms with Crippen molar-refractivity contribution in [3.63, 3.8) is 0 Å². The van der Waals surface area contributed by atoms with Gasteiger partial charge in [0.15, 0.2) is 5.12 Å². The molecule has 0 amide bonds. The van der Waals surface area contributed by atoms with E-state index in [1.54, 1.807) is 0 Å². The second-order valence-corrected chi connectivity index (χ2v) is 6.21. The fourth-order valence-electron chi connectivity index (χ4n) is 2.28. The second kappa shape index (κ2) is 7.89. The number of para-hydroxylation sites is 1. The molecule has 2 atom stereocenters. The highest BCUT2D eigenvalue weighted by Crippen LogP contribution is 2.29. The van der Waals surface area contributed by atoms with Crippen LogP contribution in [0.25, 0.3) is 0 Å². The molecule has 3 heteroatoms. The lowest BCUT2D eigenvalue weighted by Crippen LogP contribution is -2.24. The van der Waals surface area contributed by atoms with E-state index in [9.17, 15) is 4.79 Å². The molecule has 2 nitrogen and oxygen atoms in total. The summed E-state index contributed by atoms with van der Waals surface area (Å²) in [5.74, 6) is 0.730. The van der Waals surface area contributed by atoms with Gasteiger partial charge in [-0.25, -0.2) is 0 Å². The van der Waals surface area contributed by atoms with E-state index in [2.05, 4.69) is 17.4 Å². The molecule has 0 spiro atoms. The Balaban J connectivity index is 2.24. The molecule has 0 fully saturated rings. The van der Waals surface area contributed by atoms with E-state index in [-0.39, 0.29) is 17.1 Å². The van der Waals surface area contributed by atoms with Gasteiger partial charge < -0.3 is 5.32 Å². The molecule has 0 heterocycles. The van der Waals surface area contributed by atoms with E-state index in [1.165, 1.54) is 11.8 Å². The second-order valence-electron chi connectivity index (χ2n) is 4.94. The molecule has 0 saturated carbocycles. The molecular formula is C18H21NOS. The van der Waals surface area contributed by atoms with E-state index < -0.39 is 0 Å². The lowest BCUT2D eigenvalue weighted by Gasteiger charge is -2.25. The van der Waals surface area contributed by atoms with Gasteiger partial charge in [0.2, 0.25) is 0 Å². The third-order valence-electron chi connectivity index (χ3n) is 3.41. The number of carbonyl (C=O) groups is 1. The van der Waals surface area contributed by atoms with Crippen LogP contribution in [0.4, 0.5) is 5.69 Å². The molecule has 110 valence electrons. The number of anilines is 1. The van der Waals surface area contributed by atoms with Crippen molar-refractivity contribution in [3.8, 4) is 0 Å². The van der Waals surface area contributed by atoms with Gasteiger partial charge in [0.1, 0.15) is 0 Å². The van der Waals surface area contributed by atoms with Crippen molar-refractivity contribution in [2.75, 3.05) is 11.1 Å². The third-order valence-corrected chi connectivity index (χ3v) is 4.36. The molecule has 1 N–H and O–H groups in total. The maximum absolute atomic E-state index is 12.3. The van der Waals surface area contributed by atoms with Gasteiger partial charge in [-0.15, -0.1) is 0 Å². The number of nitrogens with one attached hydrogen (secondary N) is 1. The zero-order chi connectivity index (χ0) is 15.1. The normalized spacial score (nSPS) is 13.4. The van der Waals surface area contributed by atoms with Gasteiger partial charge in [0.25, 0.3) is 0 Å². The van der Waals surface area contributed by atoms with E-state index in [0.717, 1.165) is 17.0 Å². The van der Waals surface area contributed by atoms with Crippen LogP contribution in [-0.2, 0) is 4.79 Å². The minimum absolute atomic E-state index is 0.0138. The Hall–Kier alpha value is -1.74. The van der Waals surface area contributed by atoms with Crippen molar-refractivity contribution < 1.29 is 4.79 Å². The van der Waals surface area contributed by atoms with E-state index in [0.29, 0.717) is 0 Å². The SMILES string of the molecule is CCSC(=O)[C@@H](C)[C@H](Nc1ccccc1)c1ccccc1. The maximum Gasteiger partial charge on any atom is 0.194 e. The predicted octanol–water partition coefficient (Wildman–Crippen LogP) is 4.76. The Morgan fingerprint density at radius 1 is 1.05 bits per heavy atom. The quantitative estimate of drug-likeness (QED) is 0.834. The van der Waals surface area contributed by atoms with Crippen molar-refractivity contribution >= 4 is 22.6 Å². The van der Waals surface area contributed by atoms with Crippen LogP contribution in [0, 0.1) is 5.92 Å². The van der Waals surface area contributed by atoms with Crippen LogP contribution in [0.2, 0.25) is 0 Å². The molecule has 0 saturated heterocycles. The summed E-state index contributed by atoms with van der Waals surface area (Å²) in [6.45, 7) is 4.01. The van der Waals surface area contributed by atoms with Crippen LogP contribution in [0.1, 0.15) is 25.5 Å². The van der Waals surface area contributed by atoms with Gasteiger partial charge in [0.05, 0.1) is 6.04 Å². The molecular weight excluding hydrogens is 278 g/mol. The van der Waals surface area contributed by atoms with E-state index in [4.69, 9.17) is 0 Å². The Morgan fingerprint density at radius 3 is 2.19 bits per heavy atom. The lowest BCUT2D eigenvalue weighted by molar-refractivity contribution is -0.114. The third kappa shape index (κ3) is 4.36. The van der Waals surface area contributed by atoms with Crippen LogP contribution in [0.3, 0.4) is 0 Å². The highest BCUT2D eigenvalue weighted by atomic mass is 32.2. The van der Waals surface area contributed by atoms with Crippen molar-refractivity contribution in [2.24, 2.45) is 5.92 Å². The summed E-state index contributed by atoms with van der Waals surface area (Å²) in [5.41, 5.74) is 2.17. The first-order valence-electron chi connectivity index (χ1n) is 7.25. The molecule has 0 aromatic heterocycles. The average Bonchev–Trinajstić information content (AvgIpc) is 2.54. The van der Waals surface area contributed by atoms with Gasteiger partial charge in [-0.3, -0.25) is 4.79 Å². The molecule has 21 heavy (non-hydrogen) atoms. The number of rotatable bonds is 6. The van der Waals surface area contributed by atoms with Gasteiger partial charge in [-0.1, -0.05) is 74.1 Å². The zero-order valence-electron chi connectivity index (χ0n) is 12.5. The molecule has 0 radical (unpaired) electrons. The monoisotopic (exact) mass is 299 g/mol. The summed E-state index contributed by atoms with van der Waals surface area (Å²) in [5, 5.41) is 3.73. The van der Waals surface area contributed by atoms with Gasteiger partial charge in [-0.2, -0.15) is 0 Å². The van der Waals surface area contributed by atoms with Crippen molar-refractivity contribution in [1.29, 1.82) is 0 Å². The summed E-state index contributed by atoms with van der Waals surface area (Å²) in [6.07, 6.45) is 0. The summed E-state index contributed by atoms with van der Waals surface area (Å²) < 4.78 is 0. The average molecular weight is 299 g/mol. The van der Waals surface area contributed by atoms with Gasteiger partial charge in [-0.05, 0) is 23.4 Å². The predicted molar refractivity (Wildman–Crippen MR) is 91.6 cm³/mol. The molecule has 2 aromatic rings. The minimum Gasteiger partial charge on any atom is -0.377 e. The van der Waals surface area contributed by atoms with Crippen LogP contribution < -0.4 is 5.32 Å². The van der Waals surface area contributed by atoms with Crippen LogP contribution in [0.15, 0.2) is 60.7 Å². The Morgan fingerprint density at radius 2 is 1.62 bits per heavy atom. The summed E-state index contributed by atoms with van der Waals surface area (Å²) in [7, 11) is 0. The smallest absolute Gasteiger partial charge is 0.194 e. The van der Waals surface area contributed by atoms with Gasteiger partial charge in [0, 0.05) is 11.6 Å². The summed E-state index contributed by atoms with van der Waals surface area (Å²) in [6, 6.07) is 20.2. The van der Waals surface area contributed by atoms with Gasteiger partial charge >= 0.3 is 0 Å². The van der Waals surface area contributed by atoms with E-state index >= 15 is 0 Å². The minimum atomic E-state index is -0.0856. The highest BCUT2D eigenvalue weighted by molar-refractivity contribution is 8.13.